The Morgan fingerprint density at radius 3 is 2.50 bits per heavy atom. The lowest BCUT2D eigenvalue weighted by Crippen LogP contribution is -2.12. The highest BCUT2D eigenvalue weighted by Crippen LogP contribution is 1.99. The van der Waals surface area contributed by atoms with Crippen molar-refractivity contribution >= 4 is 28.1 Å². The maximum atomic E-state index is 8.71. The van der Waals surface area contributed by atoms with Gasteiger partial charge in [-0.15, -0.1) is 0 Å². The van der Waals surface area contributed by atoms with Gasteiger partial charge in [-0.3, -0.25) is 0 Å². The zero-order valence-corrected chi connectivity index (χ0v) is 5.53. The average molecular weight is 129 g/mol. The van der Waals surface area contributed by atoms with E-state index < -0.39 is 0 Å². The van der Waals surface area contributed by atoms with E-state index in [1.807, 2.05) is 0 Å². The minimum atomic E-state index is -0.0486. The molecule has 1 heterocycles. The van der Waals surface area contributed by atoms with E-state index in [4.69, 9.17) is 5.11 Å². The van der Waals surface area contributed by atoms with E-state index >= 15 is 0 Å². The van der Waals surface area contributed by atoms with Crippen molar-refractivity contribution < 1.29 is 9.63 Å². The monoisotopic (exact) mass is 129 g/mol. The molecule has 1 N–H and O–H groups in total. The van der Waals surface area contributed by atoms with Crippen LogP contribution in [0.1, 0.15) is 0 Å². The highest BCUT2D eigenvalue weighted by molar-refractivity contribution is 7.28. The molecule has 1 atom stereocenters. The van der Waals surface area contributed by atoms with Crippen LogP contribution in [-0.2, 0) is 0 Å². The summed E-state index contributed by atoms with van der Waals surface area (Å²) >= 11 is 0. The van der Waals surface area contributed by atoms with E-state index in [0.29, 0.717) is 11.0 Å². The van der Waals surface area contributed by atoms with Crippen LogP contribution in [0.5, 0.6) is 5.88 Å². The van der Waals surface area contributed by atoms with Crippen molar-refractivity contribution in [3.8, 4) is 5.88 Å². The molecule has 42 valence electrons. The molecule has 0 aromatic carbocycles. The van der Waals surface area contributed by atoms with Gasteiger partial charge in [0.05, 0.1) is 11.0 Å². The zero-order valence-electron chi connectivity index (χ0n) is 4.38. The van der Waals surface area contributed by atoms with Gasteiger partial charge in [0.2, 0.25) is 0 Å². The van der Waals surface area contributed by atoms with Crippen molar-refractivity contribution in [3.63, 3.8) is 0 Å². The third kappa shape index (κ3) is 0.714. The Labute approximate surface area is 49.7 Å². The number of aromatic nitrogens is 1. The van der Waals surface area contributed by atoms with Crippen molar-refractivity contribution in [1.82, 2.24) is 5.16 Å². The predicted octanol–water partition coefficient (Wildman–Crippen LogP) is -1.86. The Morgan fingerprint density at radius 2 is 2.38 bits per heavy atom. The summed E-state index contributed by atoms with van der Waals surface area (Å²) < 4.78 is 4.57. The van der Waals surface area contributed by atoms with Gasteiger partial charge in [0.15, 0.2) is 7.85 Å². The van der Waals surface area contributed by atoms with Crippen LogP contribution in [-0.4, -0.2) is 18.1 Å². The molecule has 1 unspecified atom stereocenters. The Bertz CT molecular complexity index is 180. The summed E-state index contributed by atoms with van der Waals surface area (Å²) in [6.07, 6.45) is 0. The molecule has 8 heavy (non-hydrogen) atoms. The summed E-state index contributed by atoms with van der Waals surface area (Å²) in [6, 6.07) is 0. The van der Waals surface area contributed by atoms with Crippen LogP contribution in [0.25, 0.3) is 0 Å². The normalized spacial score (nSPS) is 9.62. The minimum Gasteiger partial charge on any atom is -0.491 e. The molecule has 1 aromatic rings. The summed E-state index contributed by atoms with van der Waals surface area (Å²) in [5.74, 6) is -0.0486. The summed E-state index contributed by atoms with van der Waals surface area (Å²) in [4.78, 5) is 0. The zero-order chi connectivity index (χ0) is 6.15. The van der Waals surface area contributed by atoms with Gasteiger partial charge in [0.1, 0.15) is 0 Å². The Morgan fingerprint density at radius 1 is 1.75 bits per heavy atom. The first-order valence-corrected chi connectivity index (χ1v) is 2.70. The lowest BCUT2D eigenvalue weighted by Gasteiger charge is -1.79. The molecule has 0 aliphatic rings. The van der Waals surface area contributed by atoms with Crippen LogP contribution < -0.4 is 11.0 Å². The SMILES string of the molecule is Bc1onc(O)c1P. The molecule has 5 heteroatoms. The Kier molecular flexibility index (Phi) is 1.26. The predicted molar refractivity (Wildman–Crippen MR) is 35.7 cm³/mol. The largest absolute Gasteiger partial charge is 0.491 e. The first-order chi connectivity index (χ1) is 3.72. The lowest BCUT2D eigenvalue weighted by atomic mass is 10.1. The van der Waals surface area contributed by atoms with Crippen LogP contribution in [0.4, 0.5) is 0 Å². The maximum absolute atomic E-state index is 8.71. The van der Waals surface area contributed by atoms with Crippen LogP contribution in [0.3, 0.4) is 0 Å². The quantitative estimate of drug-likeness (QED) is 0.330. The van der Waals surface area contributed by atoms with Crippen LogP contribution in [0.15, 0.2) is 4.52 Å². The third-order valence-corrected chi connectivity index (χ3v) is 1.55. The molecule has 0 fully saturated rings. The second-order valence-corrected chi connectivity index (χ2v) is 2.05. The number of hydrogen-bond donors (Lipinski definition) is 1. The Hall–Kier alpha value is -0.495. The number of rotatable bonds is 0. The van der Waals surface area contributed by atoms with E-state index in [9.17, 15) is 0 Å². The number of hydrogen-bond acceptors (Lipinski definition) is 3. The van der Waals surface area contributed by atoms with Crippen molar-refractivity contribution in [2.45, 2.75) is 0 Å². The molecular formula is C3H5BNO2P. The van der Waals surface area contributed by atoms with Crippen molar-refractivity contribution in [3.05, 3.63) is 0 Å². The smallest absolute Gasteiger partial charge is 0.258 e. The molecule has 0 aliphatic heterocycles. The molecule has 0 aliphatic carbocycles. The van der Waals surface area contributed by atoms with Crippen LogP contribution in [0, 0.1) is 0 Å². The molecule has 1 aromatic heterocycles. The van der Waals surface area contributed by atoms with E-state index in [1.54, 1.807) is 7.85 Å². The fourth-order valence-electron chi connectivity index (χ4n) is 0.367. The van der Waals surface area contributed by atoms with Gasteiger partial charge in [0.25, 0.3) is 5.88 Å². The van der Waals surface area contributed by atoms with E-state index in [1.165, 1.54) is 0 Å². The molecule has 3 nitrogen and oxygen atoms in total. The molecule has 1 rings (SSSR count). The second kappa shape index (κ2) is 1.79. The van der Waals surface area contributed by atoms with Gasteiger partial charge in [-0.05, 0) is 5.16 Å². The van der Waals surface area contributed by atoms with Crippen LogP contribution >= 0.6 is 9.24 Å². The van der Waals surface area contributed by atoms with Crippen molar-refractivity contribution in [2.24, 2.45) is 0 Å². The summed E-state index contributed by atoms with van der Waals surface area (Å²) in [5, 5.41) is 12.6. The summed E-state index contributed by atoms with van der Waals surface area (Å²) in [7, 11) is 4.06. The van der Waals surface area contributed by atoms with Gasteiger partial charge in [-0.2, -0.15) is 0 Å². The summed E-state index contributed by atoms with van der Waals surface area (Å²) in [5.41, 5.74) is 0.632. The third-order valence-electron chi connectivity index (χ3n) is 0.889. The molecule has 0 radical (unpaired) electrons. The molecule has 0 saturated carbocycles. The lowest BCUT2D eigenvalue weighted by molar-refractivity contribution is 0.372. The van der Waals surface area contributed by atoms with Gasteiger partial charge in [-0.1, -0.05) is 9.24 Å². The molecular weight excluding hydrogens is 124 g/mol. The topological polar surface area (TPSA) is 46.3 Å². The first-order valence-electron chi connectivity index (χ1n) is 2.12. The van der Waals surface area contributed by atoms with Gasteiger partial charge < -0.3 is 9.63 Å². The van der Waals surface area contributed by atoms with E-state index in [-0.39, 0.29) is 5.88 Å². The first kappa shape index (κ1) is 5.64. The van der Waals surface area contributed by atoms with E-state index in [0.717, 1.165) is 0 Å². The highest BCUT2D eigenvalue weighted by atomic mass is 31.0. The second-order valence-electron chi connectivity index (χ2n) is 1.48. The number of nitrogens with zero attached hydrogens (tertiary/aromatic N) is 1. The molecule has 0 spiro atoms. The van der Waals surface area contributed by atoms with E-state index in [2.05, 4.69) is 18.9 Å². The highest BCUT2D eigenvalue weighted by Gasteiger charge is 2.03. The minimum absolute atomic E-state index is 0.0486. The molecule has 0 bridgehead atoms. The maximum Gasteiger partial charge on any atom is 0.258 e. The Balaban J connectivity index is 3.19. The van der Waals surface area contributed by atoms with Crippen LogP contribution in [0.2, 0.25) is 0 Å². The van der Waals surface area contributed by atoms with Crippen molar-refractivity contribution in [1.29, 1.82) is 0 Å². The fraction of sp³-hybridized carbons (Fsp3) is 0. The molecule has 0 amide bonds. The molecule has 0 saturated heterocycles. The van der Waals surface area contributed by atoms with Gasteiger partial charge in [-0.25, -0.2) is 0 Å². The summed E-state index contributed by atoms with van der Waals surface area (Å²) in [6.45, 7) is 0. The fourth-order valence-corrected chi connectivity index (χ4v) is 0.473. The van der Waals surface area contributed by atoms with Crippen molar-refractivity contribution in [2.75, 3.05) is 0 Å². The number of aromatic hydroxyl groups is 1. The average Bonchev–Trinajstić information content (AvgIpc) is 1.98. The standard InChI is InChI=1S/C3H5BNO2P/c4-2-1(8)3(6)5-7-2/h4,8H2,(H,5,6). The van der Waals surface area contributed by atoms with Gasteiger partial charge in [0, 0.05) is 0 Å². The van der Waals surface area contributed by atoms with Gasteiger partial charge >= 0.3 is 0 Å².